The van der Waals surface area contributed by atoms with Crippen molar-refractivity contribution in [2.24, 2.45) is 5.10 Å². The summed E-state index contributed by atoms with van der Waals surface area (Å²) < 4.78 is 2.20. The molecular formula is C18H14BrN5O4. The number of carbonyl (C=O) groups excluding carboxylic acids is 1. The number of nitro groups is 1. The minimum atomic E-state index is -0.797. The van der Waals surface area contributed by atoms with Crippen LogP contribution >= 0.6 is 15.9 Å². The Kier molecular flexibility index (Phi) is 5.80. The number of nitrogens with zero attached hydrogens (tertiary/aromatic N) is 4. The van der Waals surface area contributed by atoms with E-state index in [2.05, 4.69) is 31.6 Å². The number of amides is 1. The Bertz CT molecular complexity index is 1050. The Morgan fingerprint density at radius 3 is 2.75 bits per heavy atom. The van der Waals surface area contributed by atoms with E-state index < -0.39 is 16.5 Å². The largest absolute Gasteiger partial charge is 0.508 e. The lowest BCUT2D eigenvalue weighted by atomic mass is 10.2. The van der Waals surface area contributed by atoms with Crippen molar-refractivity contribution in [2.75, 3.05) is 0 Å². The lowest BCUT2D eigenvalue weighted by Gasteiger charge is -2.01. The maximum absolute atomic E-state index is 12.3. The third-order valence-electron chi connectivity index (χ3n) is 3.66. The van der Waals surface area contributed by atoms with E-state index in [-0.39, 0.29) is 18.0 Å². The number of phenolic OH excluding ortho intramolecular Hbond substituents is 1. The first-order valence-electron chi connectivity index (χ1n) is 8.01. The van der Waals surface area contributed by atoms with Gasteiger partial charge in [0.1, 0.15) is 11.9 Å². The van der Waals surface area contributed by atoms with Crippen molar-refractivity contribution in [1.29, 1.82) is 0 Å². The van der Waals surface area contributed by atoms with Crippen LogP contribution in [0.1, 0.15) is 21.6 Å². The second-order valence-electron chi connectivity index (χ2n) is 5.74. The summed E-state index contributed by atoms with van der Waals surface area (Å²) in [4.78, 5) is 22.9. The first-order valence-corrected chi connectivity index (χ1v) is 8.80. The average molecular weight is 444 g/mol. The second-order valence-corrected chi connectivity index (χ2v) is 6.65. The molecular weight excluding hydrogens is 430 g/mol. The number of aromatic nitrogens is 2. The number of hydrazone groups is 1. The van der Waals surface area contributed by atoms with Gasteiger partial charge in [0.2, 0.25) is 5.69 Å². The predicted octanol–water partition coefficient (Wildman–Crippen LogP) is 3.07. The van der Waals surface area contributed by atoms with Crippen LogP contribution in [0.25, 0.3) is 0 Å². The fourth-order valence-corrected chi connectivity index (χ4v) is 2.83. The van der Waals surface area contributed by atoms with E-state index >= 15 is 0 Å². The van der Waals surface area contributed by atoms with Crippen molar-refractivity contribution in [3.63, 3.8) is 0 Å². The van der Waals surface area contributed by atoms with Crippen LogP contribution < -0.4 is 5.43 Å². The van der Waals surface area contributed by atoms with Gasteiger partial charge < -0.3 is 5.11 Å². The van der Waals surface area contributed by atoms with Gasteiger partial charge in [-0.3, -0.25) is 19.6 Å². The normalized spacial score (nSPS) is 10.9. The molecule has 0 bridgehead atoms. The van der Waals surface area contributed by atoms with E-state index in [9.17, 15) is 20.0 Å². The Balaban J connectivity index is 1.76. The molecule has 0 fully saturated rings. The quantitative estimate of drug-likeness (QED) is 0.344. The molecule has 1 amide bonds. The highest BCUT2D eigenvalue weighted by Crippen LogP contribution is 2.19. The van der Waals surface area contributed by atoms with Gasteiger partial charge in [-0.25, -0.2) is 5.43 Å². The molecule has 0 saturated carbocycles. The van der Waals surface area contributed by atoms with Crippen LogP contribution in [-0.2, 0) is 6.54 Å². The third kappa shape index (κ3) is 4.80. The number of hydrogen-bond acceptors (Lipinski definition) is 6. The minimum Gasteiger partial charge on any atom is -0.508 e. The Labute approximate surface area is 167 Å². The summed E-state index contributed by atoms with van der Waals surface area (Å²) in [6.07, 6.45) is 2.56. The number of rotatable bonds is 6. The zero-order chi connectivity index (χ0) is 20.1. The van der Waals surface area contributed by atoms with Gasteiger partial charge in [-0.2, -0.15) is 10.2 Å². The van der Waals surface area contributed by atoms with Crippen molar-refractivity contribution < 1.29 is 14.8 Å². The van der Waals surface area contributed by atoms with Gasteiger partial charge in [0.25, 0.3) is 5.91 Å². The molecule has 0 aliphatic carbocycles. The van der Waals surface area contributed by atoms with Crippen LogP contribution in [0.3, 0.4) is 0 Å². The molecule has 28 heavy (non-hydrogen) atoms. The molecule has 1 heterocycles. The highest BCUT2D eigenvalue weighted by molar-refractivity contribution is 9.10. The van der Waals surface area contributed by atoms with Crippen LogP contribution in [0, 0.1) is 10.1 Å². The second kappa shape index (κ2) is 8.44. The Morgan fingerprint density at radius 1 is 1.32 bits per heavy atom. The number of carbonyl (C=O) groups is 1. The predicted molar refractivity (Wildman–Crippen MR) is 105 cm³/mol. The molecule has 0 atom stereocenters. The number of hydrogen-bond donors (Lipinski definition) is 2. The van der Waals surface area contributed by atoms with Gasteiger partial charge in [-0.05, 0) is 47.5 Å². The fraction of sp³-hybridized carbons (Fsp3) is 0.0556. The van der Waals surface area contributed by atoms with Crippen LogP contribution in [0.4, 0.5) is 5.69 Å². The lowest BCUT2D eigenvalue weighted by Crippen LogP contribution is -2.19. The molecule has 0 aliphatic heterocycles. The molecule has 3 rings (SSSR count). The summed E-state index contributed by atoms with van der Waals surface area (Å²) in [6, 6.07) is 13.5. The Morgan fingerprint density at radius 2 is 2.07 bits per heavy atom. The number of phenols is 1. The first-order chi connectivity index (χ1) is 13.4. The van der Waals surface area contributed by atoms with Gasteiger partial charge in [0.15, 0.2) is 0 Å². The summed E-state index contributed by atoms with van der Waals surface area (Å²) >= 11 is 3.36. The molecule has 142 valence electrons. The van der Waals surface area contributed by atoms with E-state index in [1.165, 1.54) is 29.2 Å². The summed E-state index contributed by atoms with van der Waals surface area (Å²) in [6.45, 7) is 0.268. The van der Waals surface area contributed by atoms with Crippen LogP contribution in [0.5, 0.6) is 5.75 Å². The molecule has 10 heteroatoms. The molecule has 0 spiro atoms. The highest BCUT2D eigenvalue weighted by Gasteiger charge is 2.25. The SMILES string of the molecule is O=C(NN=Cc1ccc(O)cc1)c1nn(Cc2cccc(Br)c2)cc1[N+](=O)[O-]. The zero-order valence-corrected chi connectivity index (χ0v) is 15.9. The van der Waals surface area contributed by atoms with Crippen molar-refractivity contribution in [3.8, 4) is 5.75 Å². The number of aromatic hydroxyl groups is 1. The number of nitrogens with one attached hydrogen (secondary N) is 1. The highest BCUT2D eigenvalue weighted by atomic mass is 79.9. The van der Waals surface area contributed by atoms with Crippen molar-refractivity contribution >= 4 is 33.7 Å². The first kappa shape index (κ1) is 19.2. The van der Waals surface area contributed by atoms with Crippen LogP contribution in [0.15, 0.2) is 64.3 Å². The van der Waals surface area contributed by atoms with E-state index in [0.29, 0.717) is 5.56 Å². The standard InChI is InChI=1S/C18H14BrN5O4/c19-14-3-1-2-13(8-14)10-23-11-16(24(27)28)17(22-23)18(26)21-20-9-12-4-6-15(25)7-5-12/h1-9,11,25H,10H2,(H,21,26). The third-order valence-corrected chi connectivity index (χ3v) is 4.15. The number of halogens is 1. The Hall–Kier alpha value is -3.53. The smallest absolute Gasteiger partial charge is 0.320 e. The number of benzene rings is 2. The van der Waals surface area contributed by atoms with Gasteiger partial charge in [0.05, 0.1) is 17.7 Å². The van der Waals surface area contributed by atoms with Crippen LogP contribution in [-0.4, -0.2) is 31.9 Å². The lowest BCUT2D eigenvalue weighted by molar-refractivity contribution is -0.385. The molecule has 1 aromatic heterocycles. The van der Waals surface area contributed by atoms with Gasteiger partial charge in [-0.1, -0.05) is 28.1 Å². The van der Waals surface area contributed by atoms with Crippen LogP contribution in [0.2, 0.25) is 0 Å². The summed E-state index contributed by atoms with van der Waals surface area (Å²) in [5.74, 6) is -0.692. The maximum Gasteiger partial charge on any atom is 0.320 e. The molecule has 2 aromatic carbocycles. The maximum atomic E-state index is 12.3. The topological polar surface area (TPSA) is 123 Å². The minimum absolute atomic E-state index is 0.104. The monoisotopic (exact) mass is 443 g/mol. The molecule has 9 nitrogen and oxygen atoms in total. The summed E-state index contributed by atoms with van der Waals surface area (Å²) in [5.41, 5.74) is 2.98. The van der Waals surface area contributed by atoms with Crippen molar-refractivity contribution in [2.45, 2.75) is 6.54 Å². The van der Waals surface area contributed by atoms with E-state index in [0.717, 1.165) is 10.0 Å². The van der Waals surface area contributed by atoms with E-state index in [1.54, 1.807) is 12.1 Å². The van der Waals surface area contributed by atoms with E-state index in [4.69, 9.17) is 0 Å². The van der Waals surface area contributed by atoms with E-state index in [1.807, 2.05) is 24.3 Å². The van der Waals surface area contributed by atoms with Gasteiger partial charge in [0, 0.05) is 4.47 Å². The summed E-state index contributed by atoms with van der Waals surface area (Å²) in [5, 5.41) is 28.3. The molecule has 0 radical (unpaired) electrons. The van der Waals surface area contributed by atoms with Gasteiger partial charge in [-0.15, -0.1) is 0 Å². The fourth-order valence-electron chi connectivity index (χ4n) is 2.39. The van der Waals surface area contributed by atoms with Gasteiger partial charge >= 0.3 is 5.69 Å². The van der Waals surface area contributed by atoms with Crippen molar-refractivity contribution in [1.82, 2.24) is 15.2 Å². The zero-order valence-electron chi connectivity index (χ0n) is 14.3. The molecule has 0 unspecified atom stereocenters. The summed E-state index contributed by atoms with van der Waals surface area (Å²) in [7, 11) is 0. The molecule has 0 aliphatic rings. The molecule has 3 aromatic rings. The van der Waals surface area contributed by atoms with Crippen molar-refractivity contribution in [3.05, 3.63) is 86.1 Å². The average Bonchev–Trinajstić information content (AvgIpc) is 3.07. The molecule has 2 N–H and O–H groups in total. The molecule has 0 saturated heterocycles.